The number of carbonyl (C=O) groups excluding carboxylic acids is 1. The first-order chi connectivity index (χ1) is 11.9. The van der Waals surface area contributed by atoms with Crippen molar-refractivity contribution in [3.8, 4) is 5.82 Å². The number of ether oxygens (including phenoxy) is 1. The zero-order valence-corrected chi connectivity index (χ0v) is 14.4. The highest BCUT2D eigenvalue weighted by atomic mass is 32.2. The Morgan fingerprint density at radius 3 is 2.88 bits per heavy atom. The van der Waals surface area contributed by atoms with Crippen LogP contribution < -0.4 is 5.32 Å². The molecule has 1 N–H and O–H groups in total. The van der Waals surface area contributed by atoms with Crippen molar-refractivity contribution in [1.29, 1.82) is 0 Å². The smallest absolute Gasteiger partial charge is 0.251 e. The summed E-state index contributed by atoms with van der Waals surface area (Å²) in [6, 6.07) is 3.21. The zero-order chi connectivity index (χ0) is 17.9. The van der Waals surface area contributed by atoms with Gasteiger partial charge in [-0.1, -0.05) is 0 Å². The van der Waals surface area contributed by atoms with Gasteiger partial charge in [0.05, 0.1) is 19.0 Å². The zero-order valence-electron chi connectivity index (χ0n) is 13.6. The molecule has 1 atom stereocenters. The maximum absolute atomic E-state index is 12.3. The molecular formula is C14H18N6O4S. The maximum Gasteiger partial charge on any atom is 0.251 e. The van der Waals surface area contributed by atoms with E-state index in [2.05, 4.69) is 20.5 Å². The summed E-state index contributed by atoms with van der Waals surface area (Å²) < 4.78 is 31.7. The highest BCUT2D eigenvalue weighted by Crippen LogP contribution is 2.09. The van der Waals surface area contributed by atoms with Crippen LogP contribution in [0.1, 0.15) is 10.4 Å². The normalized spacial score (nSPS) is 18.8. The van der Waals surface area contributed by atoms with Crippen LogP contribution in [0, 0.1) is 0 Å². The average Bonchev–Trinajstić information content (AvgIpc) is 3.14. The summed E-state index contributed by atoms with van der Waals surface area (Å²) in [5, 5.41) is 10.2. The monoisotopic (exact) mass is 366 g/mol. The first-order valence-electron chi connectivity index (χ1n) is 7.59. The van der Waals surface area contributed by atoms with Gasteiger partial charge in [0, 0.05) is 31.4 Å². The number of hydrogen-bond acceptors (Lipinski definition) is 7. The van der Waals surface area contributed by atoms with Gasteiger partial charge in [-0.05, 0) is 12.1 Å². The summed E-state index contributed by atoms with van der Waals surface area (Å²) in [5.41, 5.74) is 0.425. The van der Waals surface area contributed by atoms with Crippen molar-refractivity contribution in [3.63, 3.8) is 0 Å². The Bertz CT molecular complexity index is 839. The molecule has 2 aromatic rings. The lowest BCUT2D eigenvalue weighted by atomic mass is 10.2. The minimum absolute atomic E-state index is 0.217. The predicted molar refractivity (Wildman–Crippen MR) is 87.6 cm³/mol. The summed E-state index contributed by atoms with van der Waals surface area (Å²) in [7, 11) is -3.26. The van der Waals surface area contributed by atoms with Gasteiger partial charge in [0.1, 0.15) is 18.5 Å². The lowest BCUT2D eigenvalue weighted by Gasteiger charge is -2.31. The van der Waals surface area contributed by atoms with Gasteiger partial charge in [-0.15, -0.1) is 10.2 Å². The molecule has 1 amide bonds. The second kappa shape index (κ2) is 7.25. The number of aromatic nitrogens is 4. The first-order valence-corrected chi connectivity index (χ1v) is 9.44. The molecule has 134 valence electrons. The molecule has 1 fully saturated rings. The van der Waals surface area contributed by atoms with Crippen LogP contribution in [0.5, 0.6) is 0 Å². The highest BCUT2D eigenvalue weighted by molar-refractivity contribution is 7.88. The topological polar surface area (TPSA) is 119 Å². The molecule has 2 aromatic heterocycles. The van der Waals surface area contributed by atoms with E-state index in [1.54, 1.807) is 16.7 Å². The van der Waals surface area contributed by atoms with Crippen LogP contribution in [0.4, 0.5) is 0 Å². The molecule has 0 saturated carbocycles. The fourth-order valence-electron chi connectivity index (χ4n) is 2.45. The number of nitrogens with zero attached hydrogens (tertiary/aromatic N) is 5. The van der Waals surface area contributed by atoms with E-state index in [4.69, 9.17) is 4.74 Å². The highest BCUT2D eigenvalue weighted by Gasteiger charge is 2.26. The number of amides is 1. The van der Waals surface area contributed by atoms with Gasteiger partial charge in [-0.3, -0.25) is 9.36 Å². The second-order valence-corrected chi connectivity index (χ2v) is 7.58. The fraction of sp³-hybridized carbons (Fsp3) is 0.429. The quantitative estimate of drug-likeness (QED) is 0.725. The van der Waals surface area contributed by atoms with Crippen LogP contribution in [0.2, 0.25) is 0 Å². The molecule has 0 radical (unpaired) electrons. The predicted octanol–water partition coefficient (Wildman–Crippen LogP) is -0.947. The van der Waals surface area contributed by atoms with E-state index in [1.165, 1.54) is 23.2 Å². The van der Waals surface area contributed by atoms with Gasteiger partial charge in [-0.25, -0.2) is 13.4 Å². The van der Waals surface area contributed by atoms with Gasteiger partial charge in [-0.2, -0.15) is 4.31 Å². The number of carbonyl (C=O) groups is 1. The minimum Gasteiger partial charge on any atom is -0.374 e. The molecule has 1 unspecified atom stereocenters. The molecule has 3 rings (SSSR count). The Morgan fingerprint density at radius 1 is 1.40 bits per heavy atom. The third-order valence-corrected chi connectivity index (χ3v) is 5.02. The average molecular weight is 366 g/mol. The van der Waals surface area contributed by atoms with Gasteiger partial charge in [0.2, 0.25) is 10.0 Å². The van der Waals surface area contributed by atoms with Gasteiger partial charge in [0.25, 0.3) is 5.91 Å². The summed E-state index contributed by atoms with van der Waals surface area (Å²) >= 11 is 0. The number of pyridine rings is 1. The molecule has 10 nitrogen and oxygen atoms in total. The maximum atomic E-state index is 12.3. The van der Waals surface area contributed by atoms with E-state index in [1.807, 2.05) is 0 Å². The van der Waals surface area contributed by atoms with Crippen LogP contribution in [-0.2, 0) is 14.8 Å². The molecular weight excluding hydrogens is 348 g/mol. The third kappa shape index (κ3) is 4.38. The first kappa shape index (κ1) is 17.5. The van der Waals surface area contributed by atoms with Crippen LogP contribution in [0.15, 0.2) is 31.0 Å². The van der Waals surface area contributed by atoms with Gasteiger partial charge >= 0.3 is 0 Å². The number of sulfonamides is 1. The van der Waals surface area contributed by atoms with Crippen molar-refractivity contribution in [1.82, 2.24) is 29.4 Å². The van der Waals surface area contributed by atoms with Gasteiger partial charge in [0.15, 0.2) is 0 Å². The largest absolute Gasteiger partial charge is 0.374 e. The molecule has 25 heavy (non-hydrogen) atoms. The van der Waals surface area contributed by atoms with E-state index < -0.39 is 10.0 Å². The molecule has 3 heterocycles. The van der Waals surface area contributed by atoms with Crippen molar-refractivity contribution in [2.24, 2.45) is 0 Å². The van der Waals surface area contributed by atoms with E-state index in [9.17, 15) is 13.2 Å². The fourth-order valence-corrected chi connectivity index (χ4v) is 3.29. The third-order valence-electron chi connectivity index (χ3n) is 3.75. The molecule has 0 spiro atoms. The Hall–Kier alpha value is -2.37. The lowest BCUT2D eigenvalue weighted by molar-refractivity contribution is 0.000438. The number of rotatable bonds is 5. The molecule has 0 bridgehead atoms. The molecule has 1 aliphatic heterocycles. The summed E-state index contributed by atoms with van der Waals surface area (Å²) in [6.45, 7) is 1.08. The summed E-state index contributed by atoms with van der Waals surface area (Å²) in [6.07, 6.45) is 5.27. The van der Waals surface area contributed by atoms with Crippen molar-refractivity contribution < 1.29 is 17.9 Å². The Kier molecular flexibility index (Phi) is 5.06. The van der Waals surface area contributed by atoms with Crippen LogP contribution >= 0.6 is 0 Å². The van der Waals surface area contributed by atoms with Crippen molar-refractivity contribution >= 4 is 15.9 Å². The minimum atomic E-state index is -3.26. The Balaban J connectivity index is 1.60. The Labute approximate surface area is 144 Å². The van der Waals surface area contributed by atoms with E-state index in [-0.39, 0.29) is 25.1 Å². The SMILES string of the molecule is CS(=O)(=O)N1CCOC(CNC(=O)c2ccnc(-n3cnnc3)c2)C1. The van der Waals surface area contributed by atoms with Crippen LogP contribution in [-0.4, -0.2) is 77.0 Å². The standard InChI is InChI=1S/C14H18N6O4S/c1-25(22,23)20-4-5-24-12(8-20)7-16-14(21)11-2-3-15-13(6-11)19-9-17-18-10-19/h2-3,6,9-10,12H,4-5,7-8H2,1H3,(H,16,21). The van der Waals surface area contributed by atoms with E-state index >= 15 is 0 Å². The van der Waals surface area contributed by atoms with Gasteiger partial charge < -0.3 is 10.1 Å². The molecule has 1 aliphatic rings. The Morgan fingerprint density at radius 2 is 2.16 bits per heavy atom. The van der Waals surface area contributed by atoms with E-state index in [0.717, 1.165) is 6.26 Å². The van der Waals surface area contributed by atoms with Crippen LogP contribution in [0.25, 0.3) is 5.82 Å². The van der Waals surface area contributed by atoms with Crippen molar-refractivity contribution in [2.75, 3.05) is 32.5 Å². The summed E-state index contributed by atoms with van der Waals surface area (Å²) in [5.74, 6) is 0.228. The molecule has 0 aromatic carbocycles. The molecule has 1 saturated heterocycles. The lowest BCUT2D eigenvalue weighted by Crippen LogP contribution is -2.49. The number of morpholine rings is 1. The molecule has 11 heteroatoms. The second-order valence-electron chi connectivity index (χ2n) is 5.60. The summed E-state index contributed by atoms with van der Waals surface area (Å²) in [4.78, 5) is 16.5. The molecule has 0 aliphatic carbocycles. The number of hydrogen-bond donors (Lipinski definition) is 1. The van der Waals surface area contributed by atoms with Crippen molar-refractivity contribution in [3.05, 3.63) is 36.5 Å². The van der Waals surface area contributed by atoms with Crippen LogP contribution in [0.3, 0.4) is 0 Å². The van der Waals surface area contributed by atoms with E-state index in [0.29, 0.717) is 24.5 Å². The number of nitrogens with one attached hydrogen (secondary N) is 1. The van der Waals surface area contributed by atoms with Crippen molar-refractivity contribution in [2.45, 2.75) is 6.10 Å².